The molecule has 0 aliphatic heterocycles. The number of rotatable bonds is 6. The Bertz CT molecular complexity index is 907. The van der Waals surface area contributed by atoms with Gasteiger partial charge in [0.15, 0.2) is 0 Å². The molecular weight excluding hydrogens is 322 g/mol. The third-order valence-electron chi connectivity index (χ3n) is 5.31. The van der Waals surface area contributed by atoms with Crippen LogP contribution in [0.5, 0.6) is 5.75 Å². The zero-order valence-electron chi connectivity index (χ0n) is 15.6. The molecule has 1 heterocycles. The van der Waals surface area contributed by atoms with Crippen LogP contribution in [0.2, 0.25) is 0 Å². The molecule has 0 radical (unpaired) electrons. The molecule has 1 aliphatic carbocycles. The monoisotopic (exact) mass is 349 g/mol. The topological polar surface area (TPSA) is 52.2 Å². The van der Waals surface area contributed by atoms with E-state index in [2.05, 4.69) is 53.2 Å². The van der Waals surface area contributed by atoms with E-state index in [0.717, 1.165) is 34.7 Å². The van der Waals surface area contributed by atoms with Gasteiger partial charge in [-0.2, -0.15) is 0 Å². The number of hydrogen-bond acceptors (Lipinski definition) is 3. The Balaban J connectivity index is 1.88. The smallest absolute Gasteiger partial charge is 0.121 e. The van der Waals surface area contributed by atoms with Gasteiger partial charge in [-0.3, -0.25) is 0 Å². The van der Waals surface area contributed by atoms with Crippen LogP contribution in [0.3, 0.4) is 0 Å². The molecule has 3 N–H and O–H groups in total. The van der Waals surface area contributed by atoms with Gasteiger partial charge in [-0.1, -0.05) is 12.1 Å². The van der Waals surface area contributed by atoms with Gasteiger partial charge in [0.1, 0.15) is 5.75 Å². The van der Waals surface area contributed by atoms with Crippen molar-refractivity contribution >= 4 is 22.3 Å². The Morgan fingerprint density at radius 2 is 1.88 bits per heavy atom. The van der Waals surface area contributed by atoms with Crippen LogP contribution >= 0.6 is 0 Å². The van der Waals surface area contributed by atoms with Crippen molar-refractivity contribution in [1.29, 1.82) is 0 Å². The number of aromatic nitrogens is 1. The van der Waals surface area contributed by atoms with Crippen molar-refractivity contribution in [2.75, 3.05) is 24.2 Å². The maximum Gasteiger partial charge on any atom is 0.121 e. The lowest BCUT2D eigenvalue weighted by Crippen LogP contribution is -2.17. The van der Waals surface area contributed by atoms with Gasteiger partial charge < -0.3 is 20.4 Å². The van der Waals surface area contributed by atoms with E-state index < -0.39 is 0 Å². The first kappa shape index (κ1) is 16.8. The average Bonchev–Trinajstić information content (AvgIpc) is 2.87. The maximum absolute atomic E-state index is 6.63. The Labute approximate surface area is 155 Å². The van der Waals surface area contributed by atoms with Gasteiger partial charge in [-0.15, -0.1) is 0 Å². The number of nitrogens with two attached hydrogens (primary N) is 1. The van der Waals surface area contributed by atoms with E-state index in [1.54, 1.807) is 0 Å². The summed E-state index contributed by atoms with van der Waals surface area (Å²) >= 11 is 0. The van der Waals surface area contributed by atoms with E-state index in [4.69, 9.17) is 10.5 Å². The van der Waals surface area contributed by atoms with E-state index in [1.807, 2.05) is 13.0 Å². The minimum atomic E-state index is 0.523. The van der Waals surface area contributed by atoms with E-state index in [-0.39, 0.29) is 0 Å². The second-order valence-corrected chi connectivity index (χ2v) is 6.94. The van der Waals surface area contributed by atoms with Crippen molar-refractivity contribution in [3.8, 4) is 17.0 Å². The lowest BCUT2D eigenvalue weighted by Gasteiger charge is -2.30. The van der Waals surface area contributed by atoms with Crippen LogP contribution in [-0.4, -0.2) is 17.7 Å². The summed E-state index contributed by atoms with van der Waals surface area (Å²) in [4.78, 5) is 0. The molecule has 2 aromatic carbocycles. The van der Waals surface area contributed by atoms with E-state index >= 15 is 0 Å². The normalized spacial score (nSPS) is 14.4. The first-order chi connectivity index (χ1) is 12.7. The number of ether oxygens (including phenoxy) is 1. The molecule has 0 atom stereocenters. The predicted molar refractivity (Wildman–Crippen MR) is 110 cm³/mol. The Kier molecular flexibility index (Phi) is 4.49. The largest absolute Gasteiger partial charge is 0.494 e. The molecule has 0 bridgehead atoms. The third kappa shape index (κ3) is 2.79. The van der Waals surface area contributed by atoms with Crippen LogP contribution in [0.4, 0.5) is 11.4 Å². The first-order valence-corrected chi connectivity index (χ1v) is 9.63. The standard InChI is InChI=1S/C22H27N3O/c1-3-24-16-10-8-15(9-11-16)22-21(23)19-13-12-18(26-4-2)14-20(19)25(22)17-6-5-7-17/h8-14,17,24H,3-7,23H2,1-2H3. The molecular formula is C22H27N3O. The van der Waals surface area contributed by atoms with Crippen molar-refractivity contribution < 1.29 is 4.74 Å². The van der Waals surface area contributed by atoms with Gasteiger partial charge in [0, 0.05) is 35.3 Å². The van der Waals surface area contributed by atoms with Crippen molar-refractivity contribution in [2.24, 2.45) is 0 Å². The van der Waals surface area contributed by atoms with Crippen molar-refractivity contribution in [3.63, 3.8) is 0 Å². The lowest BCUT2D eigenvalue weighted by molar-refractivity contribution is 0.323. The summed E-state index contributed by atoms with van der Waals surface area (Å²) in [6.45, 7) is 5.71. The highest BCUT2D eigenvalue weighted by atomic mass is 16.5. The van der Waals surface area contributed by atoms with Crippen LogP contribution in [0, 0.1) is 0 Å². The molecule has 4 heteroatoms. The summed E-state index contributed by atoms with van der Waals surface area (Å²) in [5.41, 5.74) is 12.1. The van der Waals surface area contributed by atoms with Gasteiger partial charge in [-0.05, 0) is 57.4 Å². The highest BCUT2D eigenvalue weighted by Gasteiger charge is 2.27. The molecule has 0 unspecified atom stereocenters. The molecule has 1 saturated carbocycles. The van der Waals surface area contributed by atoms with Crippen LogP contribution in [0.15, 0.2) is 42.5 Å². The zero-order chi connectivity index (χ0) is 18.1. The Morgan fingerprint density at radius 3 is 2.50 bits per heavy atom. The summed E-state index contributed by atoms with van der Waals surface area (Å²) in [7, 11) is 0. The van der Waals surface area contributed by atoms with Crippen molar-refractivity contribution in [1.82, 2.24) is 4.57 Å². The zero-order valence-corrected chi connectivity index (χ0v) is 15.6. The van der Waals surface area contributed by atoms with Gasteiger partial charge in [0.25, 0.3) is 0 Å². The van der Waals surface area contributed by atoms with E-state index in [9.17, 15) is 0 Å². The third-order valence-corrected chi connectivity index (χ3v) is 5.31. The van der Waals surface area contributed by atoms with Crippen LogP contribution in [0.1, 0.15) is 39.2 Å². The molecule has 1 aromatic heterocycles. The van der Waals surface area contributed by atoms with Gasteiger partial charge in [0.05, 0.1) is 23.5 Å². The number of hydrogen-bond donors (Lipinski definition) is 2. The quantitative estimate of drug-likeness (QED) is 0.622. The summed E-state index contributed by atoms with van der Waals surface area (Å²) in [6, 6.07) is 15.4. The molecule has 0 spiro atoms. The van der Waals surface area contributed by atoms with Gasteiger partial charge >= 0.3 is 0 Å². The second kappa shape index (κ2) is 6.94. The van der Waals surface area contributed by atoms with Gasteiger partial charge in [-0.25, -0.2) is 0 Å². The highest BCUT2D eigenvalue weighted by molar-refractivity contribution is 6.01. The summed E-state index contributed by atoms with van der Waals surface area (Å²) in [5, 5.41) is 4.47. The number of nitrogen functional groups attached to an aromatic ring is 1. The summed E-state index contributed by atoms with van der Waals surface area (Å²) < 4.78 is 8.18. The van der Waals surface area contributed by atoms with Gasteiger partial charge in [0.2, 0.25) is 0 Å². The maximum atomic E-state index is 6.63. The lowest BCUT2D eigenvalue weighted by atomic mass is 9.92. The second-order valence-electron chi connectivity index (χ2n) is 6.94. The molecule has 1 fully saturated rings. The fourth-order valence-electron chi connectivity index (χ4n) is 3.84. The summed E-state index contributed by atoms with van der Waals surface area (Å²) in [5.74, 6) is 0.909. The fourth-order valence-corrected chi connectivity index (χ4v) is 3.84. The van der Waals surface area contributed by atoms with Crippen molar-refractivity contribution in [3.05, 3.63) is 42.5 Å². The molecule has 4 rings (SSSR count). The Morgan fingerprint density at radius 1 is 1.12 bits per heavy atom. The average molecular weight is 349 g/mol. The minimum absolute atomic E-state index is 0.523. The van der Waals surface area contributed by atoms with Crippen LogP contribution < -0.4 is 15.8 Å². The molecule has 3 aromatic rings. The molecule has 26 heavy (non-hydrogen) atoms. The Hall–Kier alpha value is -2.62. The number of benzene rings is 2. The van der Waals surface area contributed by atoms with E-state index in [1.165, 1.54) is 30.3 Å². The van der Waals surface area contributed by atoms with Crippen LogP contribution in [-0.2, 0) is 0 Å². The molecule has 0 amide bonds. The number of nitrogens with one attached hydrogen (secondary N) is 1. The minimum Gasteiger partial charge on any atom is -0.494 e. The summed E-state index contributed by atoms with van der Waals surface area (Å²) in [6.07, 6.45) is 3.71. The molecule has 1 aliphatic rings. The predicted octanol–water partition coefficient (Wildman–Crippen LogP) is 5.45. The highest BCUT2D eigenvalue weighted by Crippen LogP contribution is 2.44. The van der Waals surface area contributed by atoms with E-state index in [0.29, 0.717) is 12.6 Å². The number of anilines is 2. The van der Waals surface area contributed by atoms with Crippen LogP contribution in [0.25, 0.3) is 22.2 Å². The number of fused-ring (bicyclic) bond motifs is 1. The molecule has 0 saturated heterocycles. The number of nitrogens with zero attached hydrogens (tertiary/aromatic N) is 1. The SMILES string of the molecule is CCNc1ccc(-c2c(N)c3ccc(OCC)cc3n2C2CCC2)cc1. The van der Waals surface area contributed by atoms with Crippen molar-refractivity contribution in [2.45, 2.75) is 39.2 Å². The molecule has 136 valence electrons. The fraction of sp³-hybridized carbons (Fsp3) is 0.364. The molecule has 4 nitrogen and oxygen atoms in total. The first-order valence-electron chi connectivity index (χ1n) is 9.63.